The molecule has 0 radical (unpaired) electrons. The molecule has 0 spiro atoms. The minimum Gasteiger partial charge on any atom is -0.465 e. The molecule has 7 heteroatoms. The molecule has 1 rings (SSSR count). The van der Waals surface area contributed by atoms with Crippen molar-refractivity contribution >= 4 is 27.8 Å². The second kappa shape index (κ2) is 8.68. The number of carbonyl (C=O) groups excluding carboxylic acids is 2. The largest absolute Gasteiger partial charge is 0.465 e. The second-order valence-corrected chi connectivity index (χ2v) is 4.85. The highest BCUT2D eigenvalue weighted by Gasteiger charge is 2.08. The summed E-state index contributed by atoms with van der Waals surface area (Å²) in [7, 11) is 1.35. The molecule has 0 saturated carbocycles. The van der Waals surface area contributed by atoms with Crippen molar-refractivity contribution < 1.29 is 19.1 Å². The smallest absolute Gasteiger partial charge is 0.337 e. The van der Waals surface area contributed by atoms with Crippen LogP contribution in [0.1, 0.15) is 15.9 Å². The van der Waals surface area contributed by atoms with Crippen LogP contribution in [-0.2, 0) is 20.8 Å². The normalized spacial score (nSPS) is 10.3. The summed E-state index contributed by atoms with van der Waals surface area (Å²) >= 11 is 3.41. The Hall–Kier alpha value is -1.44. The molecule has 0 aliphatic rings. The van der Waals surface area contributed by atoms with Crippen LogP contribution in [0.5, 0.6) is 0 Å². The van der Waals surface area contributed by atoms with Crippen molar-refractivity contribution in [1.82, 2.24) is 5.32 Å². The Labute approximate surface area is 125 Å². The summed E-state index contributed by atoms with van der Waals surface area (Å²) in [5.74, 6) is -0.851. The van der Waals surface area contributed by atoms with Crippen molar-refractivity contribution in [3.05, 3.63) is 33.8 Å². The standard InChI is InChI=1S/C13H17BrN2O4/c1-19-13(18)9-2-3-10(11(14)6-9)7-16-4-5-20-8-12(15)17/h2-3,6,16H,4-5,7-8H2,1H3,(H2,15,17). The number of amides is 1. The molecule has 0 unspecified atom stereocenters. The summed E-state index contributed by atoms with van der Waals surface area (Å²) in [5.41, 5.74) is 6.44. The van der Waals surface area contributed by atoms with E-state index >= 15 is 0 Å². The number of esters is 1. The first kappa shape index (κ1) is 16.6. The van der Waals surface area contributed by atoms with Crippen LogP contribution in [0.25, 0.3) is 0 Å². The Balaban J connectivity index is 2.37. The van der Waals surface area contributed by atoms with Crippen molar-refractivity contribution in [2.45, 2.75) is 6.54 Å². The number of hydrogen-bond donors (Lipinski definition) is 2. The first-order valence-corrected chi connectivity index (χ1v) is 6.77. The molecule has 0 fully saturated rings. The number of nitrogens with two attached hydrogens (primary N) is 1. The van der Waals surface area contributed by atoms with E-state index < -0.39 is 5.91 Å². The van der Waals surface area contributed by atoms with Crippen molar-refractivity contribution in [3.63, 3.8) is 0 Å². The predicted octanol–water partition coefficient (Wildman–Crippen LogP) is 0.827. The number of primary amides is 1. The summed E-state index contributed by atoms with van der Waals surface area (Å²) in [5, 5.41) is 3.16. The molecule has 110 valence electrons. The molecule has 1 aromatic rings. The first-order chi connectivity index (χ1) is 9.54. The maximum absolute atomic E-state index is 11.4. The minimum atomic E-state index is -0.480. The molecule has 3 N–H and O–H groups in total. The molecule has 0 bridgehead atoms. The molecule has 6 nitrogen and oxygen atoms in total. The fourth-order valence-electron chi connectivity index (χ4n) is 1.48. The third-order valence-electron chi connectivity index (χ3n) is 2.46. The van der Waals surface area contributed by atoms with Crippen molar-refractivity contribution in [1.29, 1.82) is 0 Å². The molecule has 0 atom stereocenters. The van der Waals surface area contributed by atoms with E-state index in [4.69, 9.17) is 10.5 Å². The van der Waals surface area contributed by atoms with E-state index in [1.54, 1.807) is 12.1 Å². The van der Waals surface area contributed by atoms with Gasteiger partial charge in [0, 0.05) is 17.6 Å². The zero-order valence-electron chi connectivity index (χ0n) is 11.1. The lowest BCUT2D eigenvalue weighted by atomic mass is 10.1. The molecular weight excluding hydrogens is 328 g/mol. The van der Waals surface area contributed by atoms with E-state index in [9.17, 15) is 9.59 Å². The highest BCUT2D eigenvalue weighted by Crippen LogP contribution is 2.19. The van der Waals surface area contributed by atoms with E-state index in [0.29, 0.717) is 25.3 Å². The van der Waals surface area contributed by atoms with Crippen LogP contribution in [0.2, 0.25) is 0 Å². The van der Waals surface area contributed by atoms with Crippen LogP contribution in [0, 0.1) is 0 Å². The van der Waals surface area contributed by atoms with Gasteiger partial charge in [-0.25, -0.2) is 4.79 Å². The van der Waals surface area contributed by atoms with Gasteiger partial charge >= 0.3 is 5.97 Å². The first-order valence-electron chi connectivity index (χ1n) is 5.98. The van der Waals surface area contributed by atoms with E-state index in [1.165, 1.54) is 7.11 Å². The van der Waals surface area contributed by atoms with Gasteiger partial charge in [-0.05, 0) is 17.7 Å². The Bertz CT molecular complexity index is 479. The Morgan fingerprint density at radius 1 is 1.40 bits per heavy atom. The molecule has 0 aliphatic carbocycles. The minimum absolute atomic E-state index is 0.0702. The number of halogens is 1. The number of benzene rings is 1. The molecule has 0 aliphatic heterocycles. The molecule has 1 aromatic carbocycles. The number of ether oxygens (including phenoxy) is 2. The van der Waals surface area contributed by atoms with Gasteiger partial charge in [0.1, 0.15) is 6.61 Å². The van der Waals surface area contributed by atoms with Gasteiger partial charge in [0.05, 0.1) is 19.3 Å². The van der Waals surface area contributed by atoms with Gasteiger partial charge < -0.3 is 20.5 Å². The van der Waals surface area contributed by atoms with Crippen molar-refractivity contribution in [2.24, 2.45) is 5.73 Å². The van der Waals surface area contributed by atoms with Gasteiger partial charge in [-0.3, -0.25) is 4.79 Å². The lowest BCUT2D eigenvalue weighted by Crippen LogP contribution is -2.23. The number of hydrogen-bond acceptors (Lipinski definition) is 5. The van der Waals surface area contributed by atoms with E-state index in [2.05, 4.69) is 26.0 Å². The SMILES string of the molecule is COC(=O)c1ccc(CNCCOCC(N)=O)c(Br)c1. The third kappa shape index (κ3) is 5.68. The summed E-state index contributed by atoms with van der Waals surface area (Å²) in [6.45, 7) is 1.54. The topological polar surface area (TPSA) is 90.7 Å². The van der Waals surface area contributed by atoms with E-state index in [1.807, 2.05) is 6.07 Å². The van der Waals surface area contributed by atoms with Gasteiger partial charge in [0.15, 0.2) is 0 Å². The number of rotatable bonds is 8. The van der Waals surface area contributed by atoms with Gasteiger partial charge in [-0.15, -0.1) is 0 Å². The fourth-order valence-corrected chi connectivity index (χ4v) is 1.99. The quantitative estimate of drug-likeness (QED) is 0.538. The van der Waals surface area contributed by atoms with Gasteiger partial charge in [0.2, 0.25) is 5.91 Å². The Kier molecular flexibility index (Phi) is 7.21. The second-order valence-electron chi connectivity index (χ2n) is 3.99. The molecule has 0 saturated heterocycles. The van der Waals surface area contributed by atoms with Crippen LogP contribution in [-0.4, -0.2) is 38.7 Å². The van der Waals surface area contributed by atoms with E-state index in [0.717, 1.165) is 10.0 Å². The number of carbonyl (C=O) groups is 2. The molecule has 20 heavy (non-hydrogen) atoms. The maximum Gasteiger partial charge on any atom is 0.337 e. The number of methoxy groups -OCH3 is 1. The van der Waals surface area contributed by atoms with Crippen LogP contribution in [0.15, 0.2) is 22.7 Å². The van der Waals surface area contributed by atoms with Crippen LogP contribution < -0.4 is 11.1 Å². The molecule has 0 heterocycles. The predicted molar refractivity (Wildman–Crippen MR) is 77.2 cm³/mol. The zero-order chi connectivity index (χ0) is 15.0. The highest BCUT2D eigenvalue weighted by atomic mass is 79.9. The lowest BCUT2D eigenvalue weighted by molar-refractivity contribution is -0.122. The molecular formula is C13H17BrN2O4. The van der Waals surface area contributed by atoms with E-state index in [-0.39, 0.29) is 12.6 Å². The monoisotopic (exact) mass is 344 g/mol. The fraction of sp³-hybridized carbons (Fsp3) is 0.385. The van der Waals surface area contributed by atoms with Crippen LogP contribution >= 0.6 is 15.9 Å². The van der Waals surface area contributed by atoms with Crippen molar-refractivity contribution in [2.75, 3.05) is 26.9 Å². The number of nitrogens with one attached hydrogen (secondary N) is 1. The Morgan fingerprint density at radius 2 is 2.15 bits per heavy atom. The summed E-state index contributed by atoms with van der Waals surface area (Å²) < 4.78 is 10.5. The Morgan fingerprint density at radius 3 is 2.75 bits per heavy atom. The lowest BCUT2D eigenvalue weighted by Gasteiger charge is -2.08. The van der Waals surface area contributed by atoms with Gasteiger partial charge in [-0.2, -0.15) is 0 Å². The molecule has 0 aromatic heterocycles. The van der Waals surface area contributed by atoms with Gasteiger partial charge in [-0.1, -0.05) is 22.0 Å². The average molecular weight is 345 g/mol. The zero-order valence-corrected chi connectivity index (χ0v) is 12.7. The van der Waals surface area contributed by atoms with Gasteiger partial charge in [0.25, 0.3) is 0 Å². The summed E-state index contributed by atoms with van der Waals surface area (Å²) in [6, 6.07) is 5.26. The average Bonchev–Trinajstić information content (AvgIpc) is 2.42. The summed E-state index contributed by atoms with van der Waals surface area (Å²) in [6.07, 6.45) is 0. The third-order valence-corrected chi connectivity index (χ3v) is 3.20. The highest BCUT2D eigenvalue weighted by molar-refractivity contribution is 9.10. The molecule has 1 amide bonds. The summed E-state index contributed by atoms with van der Waals surface area (Å²) in [4.78, 5) is 21.8. The van der Waals surface area contributed by atoms with Crippen LogP contribution in [0.4, 0.5) is 0 Å². The van der Waals surface area contributed by atoms with Crippen molar-refractivity contribution in [3.8, 4) is 0 Å². The maximum atomic E-state index is 11.4. The van der Waals surface area contributed by atoms with Crippen LogP contribution in [0.3, 0.4) is 0 Å².